The number of aromatic nitrogens is 4. The van der Waals surface area contributed by atoms with Gasteiger partial charge in [0.25, 0.3) is 0 Å². The average molecular weight is 248 g/mol. The summed E-state index contributed by atoms with van der Waals surface area (Å²) in [6.45, 7) is 2.13. The molecule has 0 atom stereocenters. The normalized spacial score (nSPS) is 19.9. The van der Waals surface area contributed by atoms with Crippen molar-refractivity contribution in [1.82, 2.24) is 20.2 Å². The van der Waals surface area contributed by atoms with Crippen molar-refractivity contribution in [3.05, 3.63) is 17.5 Å². The molecule has 2 saturated carbocycles. The molecule has 1 aromatic heterocycles. The third-order valence-corrected chi connectivity index (χ3v) is 3.36. The van der Waals surface area contributed by atoms with Crippen molar-refractivity contribution in [1.29, 1.82) is 0 Å². The third-order valence-electron chi connectivity index (χ3n) is 3.36. The molecule has 0 spiro atoms. The maximum Gasteiger partial charge on any atom is 0.331 e. The molecule has 6 nitrogen and oxygen atoms in total. The number of allylic oxidation sites excluding steroid dienone is 1. The SMILES string of the molecule is CC(=CC(=O)OCc1nnnn1C1CC1)C1CC1. The van der Waals surface area contributed by atoms with Gasteiger partial charge < -0.3 is 4.74 Å². The van der Waals surface area contributed by atoms with Crippen molar-refractivity contribution < 1.29 is 9.53 Å². The van der Waals surface area contributed by atoms with Crippen LogP contribution >= 0.6 is 0 Å². The van der Waals surface area contributed by atoms with Crippen molar-refractivity contribution in [3.8, 4) is 0 Å². The number of carbonyl (C=O) groups is 1. The second kappa shape index (κ2) is 4.51. The zero-order chi connectivity index (χ0) is 12.5. The van der Waals surface area contributed by atoms with Crippen LogP contribution in [0.4, 0.5) is 0 Å². The molecule has 0 aromatic carbocycles. The largest absolute Gasteiger partial charge is 0.454 e. The van der Waals surface area contributed by atoms with Gasteiger partial charge in [0.2, 0.25) is 0 Å². The first kappa shape index (κ1) is 11.4. The van der Waals surface area contributed by atoms with E-state index in [0.29, 0.717) is 17.8 Å². The highest BCUT2D eigenvalue weighted by molar-refractivity contribution is 5.82. The zero-order valence-electron chi connectivity index (χ0n) is 10.4. The highest BCUT2D eigenvalue weighted by atomic mass is 16.5. The molecule has 0 aliphatic heterocycles. The van der Waals surface area contributed by atoms with Gasteiger partial charge in [0, 0.05) is 6.08 Å². The Bertz CT molecular complexity index is 486. The number of esters is 1. The highest BCUT2D eigenvalue weighted by Gasteiger charge is 2.28. The van der Waals surface area contributed by atoms with Crippen molar-refractivity contribution in [2.24, 2.45) is 5.92 Å². The van der Waals surface area contributed by atoms with Crippen molar-refractivity contribution >= 4 is 5.97 Å². The van der Waals surface area contributed by atoms with Crippen LogP contribution in [0.5, 0.6) is 0 Å². The minimum Gasteiger partial charge on any atom is -0.454 e. The number of hydrogen-bond donors (Lipinski definition) is 0. The monoisotopic (exact) mass is 248 g/mol. The van der Waals surface area contributed by atoms with Crippen LogP contribution in [0.1, 0.15) is 44.5 Å². The van der Waals surface area contributed by atoms with E-state index in [1.165, 1.54) is 12.8 Å². The summed E-state index contributed by atoms with van der Waals surface area (Å²) in [5, 5.41) is 11.4. The Morgan fingerprint density at radius 2 is 2.22 bits per heavy atom. The van der Waals surface area contributed by atoms with Crippen LogP contribution in [0, 0.1) is 5.92 Å². The number of hydrogen-bond acceptors (Lipinski definition) is 5. The van der Waals surface area contributed by atoms with Crippen molar-refractivity contribution in [2.45, 2.75) is 45.3 Å². The van der Waals surface area contributed by atoms with E-state index in [1.807, 2.05) is 6.92 Å². The molecule has 2 aliphatic carbocycles. The lowest BCUT2D eigenvalue weighted by Gasteiger charge is -2.03. The summed E-state index contributed by atoms with van der Waals surface area (Å²) in [4.78, 5) is 11.6. The van der Waals surface area contributed by atoms with E-state index >= 15 is 0 Å². The van der Waals surface area contributed by atoms with E-state index in [0.717, 1.165) is 18.4 Å². The van der Waals surface area contributed by atoms with E-state index in [9.17, 15) is 4.79 Å². The van der Waals surface area contributed by atoms with Gasteiger partial charge in [-0.2, -0.15) is 0 Å². The summed E-state index contributed by atoms with van der Waals surface area (Å²) in [6, 6.07) is 0.400. The number of ether oxygens (including phenoxy) is 1. The van der Waals surface area contributed by atoms with Gasteiger partial charge in [-0.05, 0) is 49.0 Å². The van der Waals surface area contributed by atoms with Gasteiger partial charge in [0.1, 0.15) is 0 Å². The molecule has 0 radical (unpaired) electrons. The topological polar surface area (TPSA) is 69.9 Å². The van der Waals surface area contributed by atoms with Crippen LogP contribution in [0.2, 0.25) is 0 Å². The minimum atomic E-state index is -0.301. The minimum absolute atomic E-state index is 0.150. The maximum atomic E-state index is 11.6. The molecular formula is C12H16N4O2. The molecule has 3 rings (SSSR count). The second-order valence-electron chi connectivity index (χ2n) is 5.04. The Labute approximate surface area is 105 Å². The van der Waals surface area contributed by atoms with Crippen LogP contribution in [0.3, 0.4) is 0 Å². The fourth-order valence-electron chi connectivity index (χ4n) is 1.93. The van der Waals surface area contributed by atoms with Gasteiger partial charge in [0.05, 0.1) is 6.04 Å². The Morgan fingerprint density at radius 3 is 2.89 bits per heavy atom. The average Bonchev–Trinajstić information content (AvgIpc) is 3.24. The van der Waals surface area contributed by atoms with Gasteiger partial charge in [-0.1, -0.05) is 5.57 Å². The molecule has 0 bridgehead atoms. The molecule has 0 unspecified atom stereocenters. The standard InChI is InChI=1S/C12H16N4O2/c1-8(9-2-3-9)6-12(17)18-7-11-13-14-15-16(11)10-4-5-10/h6,9-10H,2-5,7H2,1H3. The van der Waals surface area contributed by atoms with Gasteiger partial charge in [-0.3, -0.25) is 0 Å². The summed E-state index contributed by atoms with van der Waals surface area (Å²) < 4.78 is 6.93. The molecule has 2 fully saturated rings. The van der Waals surface area contributed by atoms with Gasteiger partial charge in [0.15, 0.2) is 12.4 Å². The van der Waals surface area contributed by atoms with E-state index in [-0.39, 0.29) is 12.6 Å². The van der Waals surface area contributed by atoms with Crippen molar-refractivity contribution in [3.63, 3.8) is 0 Å². The van der Waals surface area contributed by atoms with Crippen LogP contribution in [-0.4, -0.2) is 26.2 Å². The lowest BCUT2D eigenvalue weighted by molar-refractivity contribution is -0.139. The molecule has 0 N–H and O–H groups in total. The predicted molar refractivity (Wildman–Crippen MR) is 62.4 cm³/mol. The Kier molecular flexibility index (Phi) is 2.85. The molecule has 96 valence electrons. The molecular weight excluding hydrogens is 232 g/mol. The molecule has 1 heterocycles. The summed E-state index contributed by atoms with van der Waals surface area (Å²) in [6.07, 6.45) is 6.17. The quantitative estimate of drug-likeness (QED) is 0.582. The third kappa shape index (κ3) is 2.57. The number of carbonyl (C=O) groups excluding carboxylic acids is 1. The van der Waals surface area contributed by atoms with Crippen LogP contribution < -0.4 is 0 Å². The summed E-state index contributed by atoms with van der Waals surface area (Å²) in [5.74, 6) is 0.919. The van der Waals surface area contributed by atoms with E-state index in [4.69, 9.17) is 4.74 Å². The number of nitrogens with zero attached hydrogens (tertiary/aromatic N) is 4. The van der Waals surface area contributed by atoms with Crippen LogP contribution in [0.15, 0.2) is 11.6 Å². The predicted octanol–water partition coefficient (Wildman–Crippen LogP) is 1.41. The fraction of sp³-hybridized carbons (Fsp3) is 0.667. The molecule has 0 saturated heterocycles. The lowest BCUT2D eigenvalue weighted by Crippen LogP contribution is -2.09. The Balaban J connectivity index is 1.55. The van der Waals surface area contributed by atoms with E-state index < -0.39 is 0 Å². The maximum absolute atomic E-state index is 11.6. The first-order chi connectivity index (χ1) is 8.74. The summed E-state index contributed by atoms with van der Waals surface area (Å²) in [5.41, 5.74) is 1.11. The van der Waals surface area contributed by atoms with Gasteiger partial charge in [-0.15, -0.1) is 5.10 Å². The number of rotatable bonds is 5. The summed E-state index contributed by atoms with van der Waals surface area (Å²) in [7, 11) is 0. The van der Waals surface area contributed by atoms with Gasteiger partial charge >= 0.3 is 5.97 Å². The smallest absolute Gasteiger partial charge is 0.331 e. The molecule has 18 heavy (non-hydrogen) atoms. The number of tetrazole rings is 1. The highest BCUT2D eigenvalue weighted by Crippen LogP contribution is 2.36. The van der Waals surface area contributed by atoms with E-state index in [2.05, 4.69) is 15.5 Å². The van der Waals surface area contributed by atoms with Crippen LogP contribution in [-0.2, 0) is 16.1 Å². The lowest BCUT2D eigenvalue weighted by atomic mass is 10.2. The van der Waals surface area contributed by atoms with E-state index in [1.54, 1.807) is 10.8 Å². The van der Waals surface area contributed by atoms with Gasteiger partial charge in [-0.25, -0.2) is 9.48 Å². The molecule has 2 aliphatic rings. The second-order valence-corrected chi connectivity index (χ2v) is 5.04. The summed E-state index contributed by atoms with van der Waals surface area (Å²) >= 11 is 0. The molecule has 1 aromatic rings. The fourth-order valence-corrected chi connectivity index (χ4v) is 1.93. The molecule has 0 amide bonds. The Hall–Kier alpha value is -1.72. The Morgan fingerprint density at radius 1 is 1.44 bits per heavy atom. The van der Waals surface area contributed by atoms with Crippen molar-refractivity contribution in [2.75, 3.05) is 0 Å². The molecule has 6 heteroatoms. The first-order valence-corrected chi connectivity index (χ1v) is 6.35. The van der Waals surface area contributed by atoms with Crippen LogP contribution in [0.25, 0.3) is 0 Å². The first-order valence-electron chi connectivity index (χ1n) is 6.35. The zero-order valence-corrected chi connectivity index (χ0v) is 10.4.